The van der Waals surface area contributed by atoms with Gasteiger partial charge in [-0.05, 0) is 96.9 Å². The number of hydrogen-bond donors (Lipinski definition) is 2. The molecule has 0 amide bonds. The number of aromatic nitrogens is 2. The molecule has 0 aliphatic carbocycles. The van der Waals surface area contributed by atoms with Crippen molar-refractivity contribution >= 4 is 34.0 Å². The van der Waals surface area contributed by atoms with Crippen LogP contribution in [-0.4, -0.2) is 30.2 Å². The molecule has 0 bridgehead atoms. The van der Waals surface area contributed by atoms with Gasteiger partial charge in [0.1, 0.15) is 30.3 Å². The Hall–Kier alpha value is -5.18. The molecule has 5 aromatic carbocycles. The minimum absolute atomic E-state index is 0.0267. The first-order valence-corrected chi connectivity index (χ1v) is 17.0. The fourth-order valence-electron chi connectivity index (χ4n) is 5.82. The van der Waals surface area contributed by atoms with E-state index < -0.39 is 5.82 Å². The van der Waals surface area contributed by atoms with E-state index in [1.54, 1.807) is 13.2 Å². The highest BCUT2D eigenvalue weighted by Crippen LogP contribution is 2.35. The van der Waals surface area contributed by atoms with E-state index in [4.69, 9.17) is 25.8 Å². The van der Waals surface area contributed by atoms with Crippen molar-refractivity contribution in [3.8, 4) is 28.4 Å². The second-order valence-corrected chi connectivity index (χ2v) is 12.5. The number of halogens is 2. The smallest absolute Gasteiger partial charge is 0.162 e. The Bertz CT molecular complexity index is 2080. The number of rotatable bonds is 15. The lowest BCUT2D eigenvalue weighted by Gasteiger charge is -2.15. The van der Waals surface area contributed by atoms with E-state index in [1.807, 2.05) is 18.2 Å². The van der Waals surface area contributed by atoms with Crippen LogP contribution >= 0.6 is 11.6 Å². The number of benzene rings is 5. The number of nitrogens with zero attached hydrogens (tertiary/aromatic N) is 2. The van der Waals surface area contributed by atoms with Crippen LogP contribution in [0, 0.1) is 19.7 Å². The summed E-state index contributed by atoms with van der Waals surface area (Å²) in [4.78, 5) is 8.76. The van der Waals surface area contributed by atoms with Gasteiger partial charge in [-0.2, -0.15) is 0 Å². The van der Waals surface area contributed by atoms with Crippen molar-refractivity contribution in [2.45, 2.75) is 39.8 Å². The third-order valence-corrected chi connectivity index (χ3v) is 8.88. The minimum Gasteiger partial charge on any atom is -0.493 e. The average molecular weight is 691 g/mol. The molecule has 0 saturated heterocycles. The Morgan fingerprint density at radius 2 is 1.66 bits per heavy atom. The topological polar surface area (TPSA) is 77.5 Å². The molecule has 7 nitrogen and oxygen atoms in total. The molecular formula is C41H40ClFN4O3. The lowest BCUT2D eigenvalue weighted by Crippen LogP contribution is -2.15. The molecule has 0 radical (unpaired) electrons. The number of hydrogen-bond acceptors (Lipinski definition) is 7. The van der Waals surface area contributed by atoms with Gasteiger partial charge in [-0.3, -0.25) is 0 Å². The number of aryl methyl sites for hydroxylation is 1. The van der Waals surface area contributed by atoms with E-state index in [9.17, 15) is 4.39 Å². The van der Waals surface area contributed by atoms with Gasteiger partial charge >= 0.3 is 0 Å². The Labute approximate surface area is 297 Å². The first-order valence-electron chi connectivity index (χ1n) is 16.6. The Morgan fingerprint density at radius 3 is 2.46 bits per heavy atom. The van der Waals surface area contributed by atoms with Crippen molar-refractivity contribution in [3.63, 3.8) is 0 Å². The summed E-state index contributed by atoms with van der Waals surface area (Å²) >= 11 is 5.97. The van der Waals surface area contributed by atoms with Gasteiger partial charge in [0.25, 0.3) is 0 Å². The summed E-state index contributed by atoms with van der Waals surface area (Å²) in [7, 11) is 1.60. The van der Waals surface area contributed by atoms with Crippen LogP contribution in [0.15, 0.2) is 103 Å². The zero-order chi connectivity index (χ0) is 34.9. The molecule has 2 N–H and O–H groups in total. The summed E-state index contributed by atoms with van der Waals surface area (Å²) in [6, 6.07) is 31.3. The predicted octanol–water partition coefficient (Wildman–Crippen LogP) is 9.99. The van der Waals surface area contributed by atoms with Crippen LogP contribution in [0.5, 0.6) is 17.2 Å². The largest absolute Gasteiger partial charge is 0.493 e. The number of fused-ring (bicyclic) bond motifs is 1. The van der Waals surface area contributed by atoms with Gasteiger partial charge in [0.2, 0.25) is 0 Å². The molecule has 0 saturated carbocycles. The first kappa shape index (κ1) is 34.7. The molecule has 50 heavy (non-hydrogen) atoms. The van der Waals surface area contributed by atoms with Gasteiger partial charge < -0.3 is 24.8 Å². The van der Waals surface area contributed by atoms with Crippen LogP contribution in [0.3, 0.4) is 0 Å². The monoisotopic (exact) mass is 690 g/mol. The van der Waals surface area contributed by atoms with Crippen molar-refractivity contribution in [1.82, 2.24) is 15.3 Å². The Morgan fingerprint density at radius 1 is 0.800 bits per heavy atom. The molecule has 6 aromatic rings. The fourth-order valence-corrected chi connectivity index (χ4v) is 6.00. The third kappa shape index (κ3) is 8.51. The van der Waals surface area contributed by atoms with Crippen molar-refractivity contribution < 1.29 is 18.6 Å². The second kappa shape index (κ2) is 16.5. The Kier molecular flexibility index (Phi) is 11.4. The third-order valence-electron chi connectivity index (χ3n) is 8.59. The standard InChI is InChI=1S/C41H40ClFN4O3/c1-27-20-29(14-17-38(27)50-25-31-12-9-13-33(28(31)2)30-10-5-4-6-11-30)24-44-18-7-8-19-49-40-22-34-37(23-39(40)48-3)45-26-46-41(34)47-32-15-16-36(43)35(42)21-32/h4-6,9-17,20-23,26,44H,7-8,18-19,24-25H2,1-3H3,(H,45,46,47). The van der Waals surface area contributed by atoms with Gasteiger partial charge in [0.15, 0.2) is 11.5 Å². The summed E-state index contributed by atoms with van der Waals surface area (Å²) in [6.45, 7) is 6.92. The molecule has 256 valence electrons. The van der Waals surface area contributed by atoms with E-state index in [0.717, 1.165) is 42.6 Å². The number of anilines is 2. The van der Waals surface area contributed by atoms with Crippen molar-refractivity contribution in [3.05, 3.63) is 136 Å². The van der Waals surface area contributed by atoms with Crippen molar-refractivity contribution in [2.24, 2.45) is 0 Å². The van der Waals surface area contributed by atoms with E-state index in [2.05, 4.69) is 95.1 Å². The van der Waals surface area contributed by atoms with Gasteiger partial charge in [0.05, 0.1) is 24.3 Å². The number of unbranched alkanes of at least 4 members (excludes halogenated alkanes) is 1. The molecule has 0 fully saturated rings. The van der Waals surface area contributed by atoms with Gasteiger partial charge in [-0.1, -0.05) is 72.3 Å². The lowest BCUT2D eigenvalue weighted by molar-refractivity contribution is 0.286. The van der Waals surface area contributed by atoms with Crippen LogP contribution in [0.4, 0.5) is 15.9 Å². The predicted molar refractivity (Wildman–Crippen MR) is 199 cm³/mol. The molecule has 0 spiro atoms. The molecule has 0 aliphatic heterocycles. The number of ether oxygens (including phenoxy) is 3. The zero-order valence-electron chi connectivity index (χ0n) is 28.4. The van der Waals surface area contributed by atoms with E-state index in [0.29, 0.717) is 41.7 Å². The van der Waals surface area contributed by atoms with Crippen LogP contribution < -0.4 is 24.8 Å². The maximum atomic E-state index is 13.6. The van der Waals surface area contributed by atoms with Gasteiger partial charge in [0, 0.05) is 23.7 Å². The zero-order valence-corrected chi connectivity index (χ0v) is 29.2. The van der Waals surface area contributed by atoms with Crippen LogP contribution in [0.1, 0.15) is 35.1 Å². The molecule has 0 atom stereocenters. The molecule has 6 rings (SSSR count). The molecule has 0 aliphatic rings. The lowest BCUT2D eigenvalue weighted by atomic mass is 9.97. The Balaban J connectivity index is 0.968. The van der Waals surface area contributed by atoms with Crippen molar-refractivity contribution in [2.75, 3.05) is 25.6 Å². The molecule has 0 unspecified atom stereocenters. The summed E-state index contributed by atoms with van der Waals surface area (Å²) < 4.78 is 31.6. The number of methoxy groups -OCH3 is 1. The van der Waals surface area contributed by atoms with E-state index in [1.165, 1.54) is 46.3 Å². The average Bonchev–Trinajstić information content (AvgIpc) is 3.13. The van der Waals surface area contributed by atoms with Gasteiger partial charge in [-0.15, -0.1) is 0 Å². The second-order valence-electron chi connectivity index (χ2n) is 12.1. The SMILES string of the molecule is COc1cc2ncnc(Nc3ccc(F)c(Cl)c3)c2cc1OCCCCNCc1ccc(OCc2cccc(-c3ccccc3)c2C)c(C)c1. The highest BCUT2D eigenvalue weighted by atomic mass is 35.5. The van der Waals surface area contributed by atoms with Crippen LogP contribution in [0.25, 0.3) is 22.0 Å². The minimum atomic E-state index is -0.484. The molecular weight excluding hydrogens is 651 g/mol. The highest BCUT2D eigenvalue weighted by molar-refractivity contribution is 6.31. The number of nitrogens with one attached hydrogen (secondary N) is 2. The first-order chi connectivity index (χ1) is 24.4. The fraction of sp³-hybridized carbons (Fsp3) is 0.220. The molecule has 1 aromatic heterocycles. The van der Waals surface area contributed by atoms with Crippen LogP contribution in [-0.2, 0) is 13.2 Å². The van der Waals surface area contributed by atoms with Crippen molar-refractivity contribution in [1.29, 1.82) is 0 Å². The molecule has 9 heteroatoms. The maximum absolute atomic E-state index is 13.6. The van der Waals surface area contributed by atoms with Gasteiger partial charge in [-0.25, -0.2) is 14.4 Å². The normalized spacial score (nSPS) is 11.1. The quantitative estimate of drug-likeness (QED) is 0.104. The summed E-state index contributed by atoms with van der Waals surface area (Å²) in [5.74, 6) is 2.15. The van der Waals surface area contributed by atoms with E-state index >= 15 is 0 Å². The maximum Gasteiger partial charge on any atom is 0.162 e. The summed E-state index contributed by atoms with van der Waals surface area (Å²) in [5.41, 5.74) is 8.49. The van der Waals surface area contributed by atoms with Crippen LogP contribution in [0.2, 0.25) is 5.02 Å². The summed E-state index contributed by atoms with van der Waals surface area (Å²) in [5, 5.41) is 7.51. The summed E-state index contributed by atoms with van der Waals surface area (Å²) in [6.07, 6.45) is 3.26. The highest BCUT2D eigenvalue weighted by Gasteiger charge is 2.13. The van der Waals surface area contributed by atoms with E-state index in [-0.39, 0.29) is 5.02 Å². The molecule has 1 heterocycles.